The van der Waals surface area contributed by atoms with Crippen molar-refractivity contribution < 1.29 is 19.8 Å². The van der Waals surface area contributed by atoms with E-state index in [-0.39, 0.29) is 19.5 Å². The maximum Gasteiger partial charge on any atom is 0.407 e. The number of amides is 1. The summed E-state index contributed by atoms with van der Waals surface area (Å²) in [5.41, 5.74) is 0. The Kier molecular flexibility index (Phi) is 8.22. The van der Waals surface area contributed by atoms with Crippen LogP contribution in [0, 0.1) is 4.91 Å². The van der Waals surface area contributed by atoms with Gasteiger partial charge in [0.05, 0.1) is 0 Å². The lowest BCUT2D eigenvalue weighted by Gasteiger charge is -2.17. The lowest BCUT2D eigenvalue weighted by atomic mass is 10.2. The van der Waals surface area contributed by atoms with Crippen molar-refractivity contribution in [2.75, 3.05) is 18.8 Å². The molecule has 16 heavy (non-hydrogen) atoms. The zero-order valence-corrected chi connectivity index (χ0v) is 9.48. The third-order valence-corrected chi connectivity index (χ3v) is 2.31. The molecule has 0 saturated carbocycles. The molecule has 1 amide bonds. The van der Waals surface area contributed by atoms with Crippen molar-refractivity contribution >= 4 is 24.0 Å². The summed E-state index contributed by atoms with van der Waals surface area (Å²) in [5, 5.41) is 17.2. The third kappa shape index (κ3) is 8.04. The lowest BCUT2D eigenvalue weighted by Crippen LogP contribution is -2.32. The van der Waals surface area contributed by atoms with Gasteiger partial charge < -0.3 is 15.1 Å². The number of carboxylic acid groups (broad SMARTS) is 2. The Morgan fingerprint density at radius 3 is 2.38 bits per heavy atom. The Hall–Kier alpha value is -1.31. The van der Waals surface area contributed by atoms with Gasteiger partial charge in [0.15, 0.2) is 0 Å². The second kappa shape index (κ2) is 8.96. The van der Waals surface area contributed by atoms with Crippen LogP contribution in [0.4, 0.5) is 4.79 Å². The highest BCUT2D eigenvalue weighted by Gasteiger charge is 2.11. The van der Waals surface area contributed by atoms with E-state index in [2.05, 4.69) is 4.58 Å². The maximum atomic E-state index is 10.7. The van der Waals surface area contributed by atoms with Crippen LogP contribution in [0.25, 0.3) is 0 Å². The van der Waals surface area contributed by atoms with Crippen LogP contribution in [0.15, 0.2) is 4.58 Å². The molecule has 0 radical (unpaired) electrons. The number of nitroso groups, excluding NO2 is 1. The summed E-state index contributed by atoms with van der Waals surface area (Å²) in [7, 11) is 0. The number of hydrogen-bond donors (Lipinski definition) is 2. The number of nitrogens with zero attached hydrogens (tertiary/aromatic N) is 2. The van der Waals surface area contributed by atoms with Crippen molar-refractivity contribution in [3.05, 3.63) is 4.91 Å². The maximum absolute atomic E-state index is 10.7. The van der Waals surface area contributed by atoms with E-state index < -0.39 is 12.1 Å². The number of unbranched alkanes of at least 4 members (excludes halogenated alkanes) is 1. The van der Waals surface area contributed by atoms with E-state index in [4.69, 9.17) is 10.2 Å². The Labute approximate surface area is 96.9 Å². The van der Waals surface area contributed by atoms with Gasteiger partial charge in [-0.2, -0.15) is 0 Å². The van der Waals surface area contributed by atoms with Crippen molar-refractivity contribution in [3.63, 3.8) is 0 Å². The van der Waals surface area contributed by atoms with Gasteiger partial charge in [-0.15, -0.1) is 4.91 Å². The van der Waals surface area contributed by atoms with Crippen LogP contribution in [0.1, 0.15) is 19.3 Å². The minimum atomic E-state index is -1.07. The van der Waals surface area contributed by atoms with Gasteiger partial charge in [0.1, 0.15) is 0 Å². The van der Waals surface area contributed by atoms with Gasteiger partial charge >= 0.3 is 12.1 Å². The molecule has 0 aromatic carbocycles. The first-order valence-corrected chi connectivity index (χ1v) is 5.66. The average molecular weight is 250 g/mol. The number of aliphatic carboxylic acids is 1. The fourth-order valence-corrected chi connectivity index (χ4v) is 1.45. The summed E-state index contributed by atoms with van der Waals surface area (Å²) in [6.07, 6.45) is -0.0875. The zero-order chi connectivity index (χ0) is 12.4. The second-order valence-electron chi connectivity index (χ2n) is 3.03. The molecule has 2 N–H and O–H groups in total. The molecule has 7 nitrogen and oxygen atoms in total. The van der Waals surface area contributed by atoms with Gasteiger partial charge in [-0.1, -0.05) is 0 Å². The van der Waals surface area contributed by atoms with Crippen LogP contribution in [-0.4, -0.2) is 46.0 Å². The summed E-state index contributed by atoms with van der Waals surface area (Å²) >= 11 is 0.768. The molecule has 0 unspecified atom stereocenters. The van der Waals surface area contributed by atoms with Crippen LogP contribution in [0.5, 0.6) is 0 Å². The Bertz CT molecular complexity index is 249. The highest BCUT2D eigenvalue weighted by atomic mass is 32.2. The van der Waals surface area contributed by atoms with Gasteiger partial charge in [0.2, 0.25) is 0 Å². The van der Waals surface area contributed by atoms with E-state index in [0.717, 1.165) is 16.8 Å². The molecule has 0 aliphatic carbocycles. The molecule has 0 aromatic rings. The number of rotatable bonds is 9. The predicted molar refractivity (Wildman–Crippen MR) is 59.3 cm³/mol. The first-order valence-electron chi connectivity index (χ1n) is 4.72. The van der Waals surface area contributed by atoms with Crippen molar-refractivity contribution in [1.82, 2.24) is 4.90 Å². The van der Waals surface area contributed by atoms with E-state index in [1.165, 1.54) is 0 Å². The molecule has 0 aliphatic rings. The van der Waals surface area contributed by atoms with Crippen LogP contribution in [0.3, 0.4) is 0 Å². The first kappa shape index (κ1) is 14.7. The summed E-state index contributed by atoms with van der Waals surface area (Å²) in [4.78, 5) is 31.8. The van der Waals surface area contributed by atoms with Gasteiger partial charge in [-0.25, -0.2) is 4.79 Å². The quantitative estimate of drug-likeness (QED) is 0.366. The topological polar surface area (TPSA) is 107 Å². The Morgan fingerprint density at radius 1 is 1.19 bits per heavy atom. The third-order valence-electron chi connectivity index (χ3n) is 1.84. The molecule has 0 rings (SSSR count). The SMILES string of the molecule is O=NSCCN(CCCCC(=O)O)C(=O)O. The van der Waals surface area contributed by atoms with E-state index in [1.54, 1.807) is 0 Å². The summed E-state index contributed by atoms with van der Waals surface area (Å²) in [6, 6.07) is 0. The summed E-state index contributed by atoms with van der Waals surface area (Å²) < 4.78 is 2.56. The van der Waals surface area contributed by atoms with Crippen molar-refractivity contribution in [2.45, 2.75) is 19.3 Å². The number of carbonyl (C=O) groups is 2. The monoisotopic (exact) mass is 250 g/mol. The second-order valence-corrected chi connectivity index (χ2v) is 3.84. The Morgan fingerprint density at radius 2 is 1.88 bits per heavy atom. The largest absolute Gasteiger partial charge is 0.481 e. The number of carboxylic acids is 1. The molecular weight excluding hydrogens is 236 g/mol. The van der Waals surface area contributed by atoms with Crippen LogP contribution in [-0.2, 0) is 4.79 Å². The van der Waals surface area contributed by atoms with Gasteiger partial charge in [-0.05, 0) is 12.8 Å². The van der Waals surface area contributed by atoms with Crippen LogP contribution in [0.2, 0.25) is 0 Å². The summed E-state index contributed by atoms with van der Waals surface area (Å²) in [6.45, 7) is 0.501. The first-order chi connectivity index (χ1) is 7.57. The van der Waals surface area contributed by atoms with E-state index in [9.17, 15) is 14.5 Å². The minimum Gasteiger partial charge on any atom is -0.481 e. The summed E-state index contributed by atoms with van der Waals surface area (Å²) in [5.74, 6) is -0.572. The molecule has 8 heteroatoms. The van der Waals surface area contributed by atoms with Gasteiger partial charge in [0, 0.05) is 41.8 Å². The van der Waals surface area contributed by atoms with Crippen molar-refractivity contribution in [2.24, 2.45) is 4.58 Å². The molecule has 0 heterocycles. The highest BCUT2D eigenvalue weighted by molar-refractivity contribution is 7.97. The van der Waals surface area contributed by atoms with Crippen molar-refractivity contribution in [3.8, 4) is 0 Å². The fourth-order valence-electron chi connectivity index (χ4n) is 1.07. The normalized spacial score (nSPS) is 9.75. The van der Waals surface area contributed by atoms with Crippen molar-refractivity contribution in [1.29, 1.82) is 0 Å². The standard InChI is InChI=1S/C8H14N2O5S/c11-7(12)3-1-2-4-10(8(13)14)5-6-16-9-15/h1-6H2,(H,11,12)(H,13,14). The molecule has 0 bridgehead atoms. The van der Waals surface area contributed by atoms with E-state index in [1.807, 2.05) is 0 Å². The zero-order valence-electron chi connectivity index (χ0n) is 8.66. The lowest BCUT2D eigenvalue weighted by molar-refractivity contribution is -0.137. The van der Waals surface area contributed by atoms with Gasteiger partial charge in [0.25, 0.3) is 0 Å². The van der Waals surface area contributed by atoms with Gasteiger partial charge in [-0.3, -0.25) is 4.79 Å². The predicted octanol–water partition coefficient (Wildman–Crippen LogP) is 1.64. The minimum absolute atomic E-state index is 0.0398. The molecular formula is C8H14N2O5S. The molecule has 92 valence electrons. The molecule has 0 aliphatic heterocycles. The molecule has 0 aromatic heterocycles. The van der Waals surface area contributed by atoms with Crippen LogP contribution >= 0.6 is 11.9 Å². The fraction of sp³-hybridized carbons (Fsp3) is 0.750. The smallest absolute Gasteiger partial charge is 0.407 e. The molecule has 0 fully saturated rings. The molecule has 0 saturated heterocycles. The highest BCUT2D eigenvalue weighted by Crippen LogP contribution is 2.04. The van der Waals surface area contributed by atoms with E-state index >= 15 is 0 Å². The molecule has 0 spiro atoms. The number of hydrogen-bond acceptors (Lipinski definition) is 5. The van der Waals surface area contributed by atoms with E-state index in [0.29, 0.717) is 18.6 Å². The molecule has 0 atom stereocenters. The Balaban J connectivity index is 3.72. The van der Waals surface area contributed by atoms with Crippen LogP contribution < -0.4 is 0 Å². The average Bonchev–Trinajstić information content (AvgIpc) is 2.21.